The highest BCUT2D eigenvalue weighted by atomic mass is 35.5. The average molecular weight is 317 g/mol. The largest absolute Gasteiger partial charge is 0.347 e. The summed E-state index contributed by atoms with van der Waals surface area (Å²) in [7, 11) is 0. The smallest absolute Gasteiger partial charge is 0.186 e. The number of allylic oxidation sites excluding steroid dienone is 2. The molecule has 0 amide bonds. The van der Waals surface area contributed by atoms with Gasteiger partial charge in [0.05, 0.1) is 10.2 Å². The van der Waals surface area contributed by atoms with E-state index in [9.17, 15) is 0 Å². The summed E-state index contributed by atoms with van der Waals surface area (Å²) in [5.41, 5.74) is 2.18. The molecular weight excluding hydrogens is 300 g/mol. The molecule has 0 radical (unpaired) electrons. The van der Waals surface area contributed by atoms with Gasteiger partial charge in [-0.25, -0.2) is 4.98 Å². The molecule has 1 saturated carbocycles. The van der Waals surface area contributed by atoms with Gasteiger partial charge in [-0.2, -0.15) is 0 Å². The van der Waals surface area contributed by atoms with Gasteiger partial charge in [-0.1, -0.05) is 35.1 Å². The van der Waals surface area contributed by atoms with E-state index in [0.717, 1.165) is 39.8 Å². The van der Waals surface area contributed by atoms with Gasteiger partial charge in [-0.15, -0.1) is 0 Å². The molecule has 0 spiro atoms. The number of hydrogen-bond acceptors (Lipinski definition) is 3. The van der Waals surface area contributed by atoms with E-state index >= 15 is 0 Å². The van der Waals surface area contributed by atoms with Crippen molar-refractivity contribution in [3.63, 3.8) is 0 Å². The van der Waals surface area contributed by atoms with Crippen molar-refractivity contribution in [1.82, 2.24) is 4.98 Å². The molecule has 4 heteroatoms. The quantitative estimate of drug-likeness (QED) is 0.719. The van der Waals surface area contributed by atoms with Crippen molar-refractivity contribution in [3.8, 4) is 0 Å². The first-order valence-corrected chi connectivity index (χ1v) is 8.88. The number of halogens is 1. The van der Waals surface area contributed by atoms with Crippen LogP contribution in [0.2, 0.25) is 5.02 Å². The predicted octanol–water partition coefficient (Wildman–Crippen LogP) is 4.52. The summed E-state index contributed by atoms with van der Waals surface area (Å²) in [5.74, 6) is 3.38. The van der Waals surface area contributed by atoms with Crippen LogP contribution in [0.15, 0.2) is 24.3 Å². The van der Waals surface area contributed by atoms with E-state index in [2.05, 4.69) is 30.0 Å². The zero-order valence-electron chi connectivity index (χ0n) is 11.9. The molecule has 0 N–H and O–H groups in total. The summed E-state index contributed by atoms with van der Waals surface area (Å²) in [5, 5.41) is 2.00. The second-order valence-electron chi connectivity index (χ2n) is 6.75. The third kappa shape index (κ3) is 1.74. The first-order valence-electron chi connectivity index (χ1n) is 7.69. The second kappa shape index (κ2) is 4.23. The van der Waals surface area contributed by atoms with Crippen LogP contribution in [0, 0.1) is 30.6 Å². The molecule has 1 saturated heterocycles. The van der Waals surface area contributed by atoms with Gasteiger partial charge in [0, 0.05) is 18.1 Å². The van der Waals surface area contributed by atoms with Gasteiger partial charge in [0.1, 0.15) is 0 Å². The molecule has 2 bridgehead atoms. The molecule has 4 unspecified atom stereocenters. The Bertz CT molecular complexity index is 706. The number of nitrogens with zero attached hydrogens (tertiary/aromatic N) is 2. The lowest BCUT2D eigenvalue weighted by atomic mass is 9.86. The maximum absolute atomic E-state index is 6.22. The summed E-state index contributed by atoms with van der Waals surface area (Å²) in [6.07, 6.45) is 6.31. The number of rotatable bonds is 1. The monoisotopic (exact) mass is 316 g/mol. The van der Waals surface area contributed by atoms with Crippen molar-refractivity contribution >= 4 is 38.3 Å². The zero-order chi connectivity index (χ0) is 14.1. The van der Waals surface area contributed by atoms with Gasteiger partial charge < -0.3 is 4.90 Å². The molecule has 2 nitrogen and oxygen atoms in total. The van der Waals surface area contributed by atoms with Crippen molar-refractivity contribution in [2.75, 3.05) is 18.0 Å². The molecule has 1 aromatic carbocycles. The molecule has 2 aromatic rings. The summed E-state index contributed by atoms with van der Waals surface area (Å²) < 4.78 is 1.25. The Morgan fingerprint density at radius 1 is 1.19 bits per heavy atom. The number of thiazole rings is 1. The molecule has 2 fully saturated rings. The topological polar surface area (TPSA) is 16.1 Å². The predicted molar refractivity (Wildman–Crippen MR) is 89.3 cm³/mol. The summed E-state index contributed by atoms with van der Waals surface area (Å²) in [6.45, 7) is 4.43. The third-order valence-corrected chi connectivity index (χ3v) is 7.08. The van der Waals surface area contributed by atoms with Crippen LogP contribution in [0.4, 0.5) is 5.13 Å². The van der Waals surface area contributed by atoms with Crippen LogP contribution in [0.5, 0.6) is 0 Å². The number of fused-ring (bicyclic) bond motifs is 6. The highest BCUT2D eigenvalue weighted by Gasteiger charge is 2.49. The third-order valence-electron chi connectivity index (χ3n) is 5.59. The van der Waals surface area contributed by atoms with Crippen LogP contribution in [-0.2, 0) is 0 Å². The Labute approximate surface area is 133 Å². The molecule has 108 valence electrons. The van der Waals surface area contributed by atoms with E-state index in [1.807, 2.05) is 17.4 Å². The summed E-state index contributed by atoms with van der Waals surface area (Å²) >= 11 is 8.04. The molecule has 1 aliphatic heterocycles. The van der Waals surface area contributed by atoms with Crippen LogP contribution < -0.4 is 4.90 Å². The molecule has 5 rings (SSSR count). The van der Waals surface area contributed by atoms with E-state index < -0.39 is 0 Å². The molecule has 1 aromatic heterocycles. The van der Waals surface area contributed by atoms with Crippen LogP contribution in [0.25, 0.3) is 10.2 Å². The maximum Gasteiger partial charge on any atom is 0.186 e. The van der Waals surface area contributed by atoms with Crippen molar-refractivity contribution < 1.29 is 0 Å². The second-order valence-corrected chi connectivity index (χ2v) is 8.16. The number of hydrogen-bond donors (Lipinski definition) is 0. The van der Waals surface area contributed by atoms with Crippen LogP contribution in [-0.4, -0.2) is 18.1 Å². The van der Waals surface area contributed by atoms with Gasteiger partial charge in [-0.05, 0) is 54.7 Å². The lowest BCUT2D eigenvalue weighted by Crippen LogP contribution is -2.21. The molecule has 3 aliphatic rings. The van der Waals surface area contributed by atoms with Crippen LogP contribution >= 0.6 is 22.9 Å². The minimum atomic E-state index is 0.819. The van der Waals surface area contributed by atoms with Gasteiger partial charge >= 0.3 is 0 Å². The lowest BCUT2D eigenvalue weighted by molar-refractivity contribution is 0.395. The van der Waals surface area contributed by atoms with Gasteiger partial charge in [0.2, 0.25) is 0 Å². The Hall–Kier alpha value is -1.06. The maximum atomic E-state index is 6.22. The van der Waals surface area contributed by atoms with E-state index in [4.69, 9.17) is 16.6 Å². The van der Waals surface area contributed by atoms with E-state index in [1.165, 1.54) is 29.3 Å². The average Bonchev–Trinajstić information content (AvgIpc) is 3.18. The molecule has 2 heterocycles. The standard InChI is InChI=1S/C17H17ClN2S/c1-9-4-16-15(6-14(9)18)19-17(21-16)20-7-12-10-2-3-11(5-10)13(12)8-20/h2-4,6,10-13H,5,7-8H2,1H3. The minimum absolute atomic E-state index is 0.819. The van der Waals surface area contributed by atoms with Crippen molar-refractivity contribution in [3.05, 3.63) is 34.9 Å². The first kappa shape index (κ1) is 12.5. The number of anilines is 1. The molecule has 21 heavy (non-hydrogen) atoms. The fraction of sp³-hybridized carbons (Fsp3) is 0.471. The Balaban J connectivity index is 1.49. The SMILES string of the molecule is Cc1cc2sc(N3CC4C5C=CC(C5)C4C3)nc2cc1Cl. The minimum Gasteiger partial charge on any atom is -0.347 e. The van der Waals surface area contributed by atoms with Gasteiger partial charge in [-0.3, -0.25) is 0 Å². The lowest BCUT2D eigenvalue weighted by Gasteiger charge is -2.17. The van der Waals surface area contributed by atoms with E-state index in [0.29, 0.717) is 0 Å². The number of benzene rings is 1. The molecule has 4 atom stereocenters. The summed E-state index contributed by atoms with van der Waals surface area (Å²) in [6, 6.07) is 4.18. The highest BCUT2D eigenvalue weighted by Crippen LogP contribution is 2.52. The van der Waals surface area contributed by atoms with Crippen molar-refractivity contribution in [2.24, 2.45) is 23.7 Å². The zero-order valence-corrected chi connectivity index (χ0v) is 13.5. The van der Waals surface area contributed by atoms with E-state index in [1.54, 1.807) is 0 Å². The normalized spacial score (nSPS) is 33.3. The Kier molecular flexibility index (Phi) is 2.52. The van der Waals surface area contributed by atoms with Crippen LogP contribution in [0.1, 0.15) is 12.0 Å². The van der Waals surface area contributed by atoms with Gasteiger partial charge in [0.15, 0.2) is 5.13 Å². The Morgan fingerprint density at radius 3 is 2.62 bits per heavy atom. The summed E-state index contributed by atoms with van der Waals surface area (Å²) in [4.78, 5) is 7.34. The van der Waals surface area contributed by atoms with Gasteiger partial charge in [0.25, 0.3) is 0 Å². The van der Waals surface area contributed by atoms with Crippen LogP contribution in [0.3, 0.4) is 0 Å². The first-order chi connectivity index (χ1) is 10.2. The fourth-order valence-electron chi connectivity index (χ4n) is 4.48. The molecule has 2 aliphatic carbocycles. The fourth-order valence-corrected chi connectivity index (χ4v) is 5.70. The molecular formula is C17H17ClN2S. The Morgan fingerprint density at radius 2 is 1.90 bits per heavy atom. The van der Waals surface area contributed by atoms with E-state index in [-0.39, 0.29) is 0 Å². The highest BCUT2D eigenvalue weighted by molar-refractivity contribution is 7.22. The van der Waals surface area contributed by atoms with Crippen molar-refractivity contribution in [1.29, 1.82) is 0 Å². The number of aryl methyl sites for hydroxylation is 1. The van der Waals surface area contributed by atoms with Crippen molar-refractivity contribution in [2.45, 2.75) is 13.3 Å². The number of aromatic nitrogens is 1.